The number of hydrogen-bond donors (Lipinski definition) is 0. The Kier molecular flexibility index (Phi) is 6.48. The van der Waals surface area contributed by atoms with Crippen molar-refractivity contribution in [2.24, 2.45) is 0 Å². The number of rotatable bonds is 7. The van der Waals surface area contributed by atoms with E-state index in [9.17, 15) is 23.3 Å². The predicted molar refractivity (Wildman–Crippen MR) is 130 cm³/mol. The van der Waals surface area contributed by atoms with Gasteiger partial charge in [-0.15, -0.1) is 0 Å². The third-order valence-electron chi connectivity index (χ3n) is 4.86. The Morgan fingerprint density at radius 3 is 2.59 bits per heavy atom. The molecule has 2 heterocycles. The van der Waals surface area contributed by atoms with E-state index in [0.717, 1.165) is 11.8 Å². The fraction of sp³-hybridized carbons (Fsp3) is 0.0870. The van der Waals surface area contributed by atoms with Crippen molar-refractivity contribution in [3.63, 3.8) is 0 Å². The first-order valence-electron chi connectivity index (χ1n) is 9.94. The zero-order chi connectivity index (χ0) is 24.3. The number of carbonyl (C=O) groups excluding carboxylic acids is 1. The van der Waals surface area contributed by atoms with Gasteiger partial charge < -0.3 is 0 Å². The molecule has 34 heavy (non-hydrogen) atoms. The molecule has 0 aliphatic heterocycles. The standard InChI is InChI=1S/C23H18N4O5S2/c1-34(31,32)19-9-10-20-21(13-19)33-23(25-20)26(15-17-3-2-12-24-14-17)22(28)11-6-16-4-7-18(8-5-16)27(29)30/h2-14H,15H2,1H3/b11-6-. The van der Waals surface area contributed by atoms with Crippen molar-refractivity contribution < 1.29 is 18.1 Å². The number of nitrogens with zero attached hydrogens (tertiary/aromatic N) is 4. The molecule has 0 bridgehead atoms. The van der Waals surface area contributed by atoms with Crippen molar-refractivity contribution in [1.29, 1.82) is 0 Å². The first kappa shape index (κ1) is 23.2. The molecular formula is C23H18N4O5S2. The highest BCUT2D eigenvalue weighted by Crippen LogP contribution is 2.31. The monoisotopic (exact) mass is 494 g/mol. The molecule has 172 valence electrons. The van der Waals surface area contributed by atoms with Crippen molar-refractivity contribution in [2.45, 2.75) is 11.4 Å². The van der Waals surface area contributed by atoms with Gasteiger partial charge in [-0.3, -0.25) is 24.8 Å². The summed E-state index contributed by atoms with van der Waals surface area (Å²) >= 11 is 1.21. The zero-order valence-corrected chi connectivity index (χ0v) is 19.5. The van der Waals surface area contributed by atoms with Crippen LogP contribution in [0.5, 0.6) is 0 Å². The van der Waals surface area contributed by atoms with Crippen LogP contribution >= 0.6 is 11.3 Å². The Hall–Kier alpha value is -3.96. The third-order valence-corrected chi connectivity index (χ3v) is 7.01. The zero-order valence-electron chi connectivity index (χ0n) is 17.9. The van der Waals surface area contributed by atoms with Crippen molar-refractivity contribution in [3.05, 3.63) is 94.3 Å². The number of benzene rings is 2. The normalized spacial score (nSPS) is 11.7. The van der Waals surface area contributed by atoms with Gasteiger partial charge in [-0.05, 0) is 53.6 Å². The second-order valence-corrected chi connectivity index (χ2v) is 10.4. The van der Waals surface area contributed by atoms with E-state index in [1.54, 1.807) is 48.8 Å². The van der Waals surface area contributed by atoms with Gasteiger partial charge >= 0.3 is 0 Å². The first-order chi connectivity index (χ1) is 16.2. The molecule has 1 amide bonds. The van der Waals surface area contributed by atoms with Crippen LogP contribution in [-0.2, 0) is 21.2 Å². The molecule has 0 aliphatic rings. The minimum absolute atomic E-state index is 0.0374. The van der Waals surface area contributed by atoms with E-state index in [-0.39, 0.29) is 23.0 Å². The molecule has 0 unspecified atom stereocenters. The number of amides is 1. The van der Waals surface area contributed by atoms with Crippen molar-refractivity contribution in [2.75, 3.05) is 11.2 Å². The number of pyridine rings is 1. The van der Waals surface area contributed by atoms with Gasteiger partial charge in [-0.25, -0.2) is 13.4 Å². The summed E-state index contributed by atoms with van der Waals surface area (Å²) in [4.78, 5) is 33.8. The summed E-state index contributed by atoms with van der Waals surface area (Å²) < 4.78 is 24.5. The number of sulfone groups is 1. The summed E-state index contributed by atoms with van der Waals surface area (Å²) in [6, 6.07) is 14.1. The second-order valence-electron chi connectivity index (χ2n) is 7.37. The lowest BCUT2D eigenvalue weighted by Gasteiger charge is -2.18. The number of aromatic nitrogens is 2. The van der Waals surface area contributed by atoms with E-state index in [1.807, 2.05) is 6.07 Å². The van der Waals surface area contributed by atoms with E-state index >= 15 is 0 Å². The van der Waals surface area contributed by atoms with Crippen LogP contribution in [0.2, 0.25) is 0 Å². The Balaban J connectivity index is 1.67. The second kappa shape index (κ2) is 9.49. The maximum Gasteiger partial charge on any atom is 0.269 e. The van der Waals surface area contributed by atoms with Gasteiger partial charge in [-0.2, -0.15) is 0 Å². The van der Waals surface area contributed by atoms with Crippen molar-refractivity contribution in [1.82, 2.24) is 9.97 Å². The predicted octanol–water partition coefficient (Wildman–Crippen LogP) is 4.25. The number of anilines is 1. The number of thiazole rings is 1. The van der Waals surface area contributed by atoms with Gasteiger partial charge in [0.05, 0.1) is 26.6 Å². The van der Waals surface area contributed by atoms with Crippen molar-refractivity contribution >= 4 is 54.2 Å². The number of nitro groups is 1. The van der Waals surface area contributed by atoms with E-state index < -0.39 is 14.8 Å². The van der Waals surface area contributed by atoms with Gasteiger partial charge in [0.2, 0.25) is 0 Å². The summed E-state index contributed by atoms with van der Waals surface area (Å²) in [5.41, 5.74) is 1.96. The molecule has 4 rings (SSSR count). The van der Waals surface area contributed by atoms with Crippen LogP contribution in [0.1, 0.15) is 11.1 Å². The molecule has 0 fully saturated rings. The Labute approximate surface area is 199 Å². The Morgan fingerprint density at radius 2 is 1.94 bits per heavy atom. The quantitative estimate of drug-likeness (QED) is 0.214. The minimum Gasteiger partial charge on any atom is -0.280 e. The lowest BCUT2D eigenvalue weighted by Crippen LogP contribution is -2.28. The fourth-order valence-corrected chi connectivity index (χ4v) is 4.85. The number of fused-ring (bicyclic) bond motifs is 1. The molecule has 9 nitrogen and oxygen atoms in total. The largest absolute Gasteiger partial charge is 0.280 e. The highest BCUT2D eigenvalue weighted by atomic mass is 32.2. The van der Waals surface area contributed by atoms with Gasteiger partial charge in [-0.1, -0.05) is 17.4 Å². The lowest BCUT2D eigenvalue weighted by molar-refractivity contribution is -0.384. The average Bonchev–Trinajstić information content (AvgIpc) is 3.24. The molecule has 0 saturated carbocycles. The van der Waals surface area contributed by atoms with Crippen LogP contribution in [-0.4, -0.2) is 35.5 Å². The van der Waals surface area contributed by atoms with E-state index in [4.69, 9.17) is 0 Å². The lowest BCUT2D eigenvalue weighted by atomic mass is 10.2. The maximum absolute atomic E-state index is 13.2. The molecule has 0 saturated heterocycles. The first-order valence-corrected chi connectivity index (χ1v) is 12.6. The molecule has 2 aromatic carbocycles. The average molecular weight is 495 g/mol. The van der Waals surface area contributed by atoms with Gasteiger partial charge in [0, 0.05) is 36.9 Å². The fourth-order valence-electron chi connectivity index (χ4n) is 3.12. The van der Waals surface area contributed by atoms with Crippen LogP contribution in [0.15, 0.2) is 78.0 Å². The Bertz CT molecular complexity index is 1500. The molecule has 0 N–H and O–H groups in total. The Morgan fingerprint density at radius 1 is 1.18 bits per heavy atom. The van der Waals surface area contributed by atoms with Crippen LogP contribution < -0.4 is 4.90 Å². The van der Waals surface area contributed by atoms with Crippen LogP contribution in [0.4, 0.5) is 10.8 Å². The van der Waals surface area contributed by atoms with Crippen LogP contribution in [0, 0.1) is 10.1 Å². The molecule has 0 spiro atoms. The van der Waals surface area contributed by atoms with Gasteiger partial charge in [0.1, 0.15) is 0 Å². The van der Waals surface area contributed by atoms with E-state index in [0.29, 0.717) is 20.9 Å². The molecule has 4 aromatic rings. The number of non-ortho nitro benzene ring substituents is 1. The third kappa shape index (κ3) is 5.33. The van der Waals surface area contributed by atoms with E-state index in [2.05, 4.69) is 9.97 Å². The van der Waals surface area contributed by atoms with E-state index in [1.165, 1.54) is 40.5 Å². The molecule has 0 atom stereocenters. The highest BCUT2D eigenvalue weighted by molar-refractivity contribution is 7.90. The summed E-state index contributed by atoms with van der Waals surface area (Å²) in [7, 11) is -3.38. The summed E-state index contributed by atoms with van der Waals surface area (Å²) in [5, 5.41) is 11.2. The topological polar surface area (TPSA) is 123 Å². The van der Waals surface area contributed by atoms with Crippen molar-refractivity contribution in [3.8, 4) is 0 Å². The van der Waals surface area contributed by atoms with Gasteiger partial charge in [0.15, 0.2) is 15.0 Å². The molecule has 11 heteroatoms. The molecule has 2 aromatic heterocycles. The van der Waals surface area contributed by atoms with Gasteiger partial charge in [0.25, 0.3) is 11.6 Å². The maximum atomic E-state index is 13.2. The number of nitro benzene ring substituents is 1. The van der Waals surface area contributed by atoms with Crippen LogP contribution in [0.3, 0.4) is 0 Å². The summed E-state index contributed by atoms with van der Waals surface area (Å²) in [6.07, 6.45) is 7.35. The number of hydrogen-bond acceptors (Lipinski definition) is 8. The SMILES string of the molecule is CS(=O)(=O)c1ccc2nc(N(Cc3cccnc3)C(=O)/C=C\c3ccc([N+](=O)[O-])cc3)sc2c1. The molecule has 0 aliphatic carbocycles. The number of carbonyl (C=O) groups is 1. The highest BCUT2D eigenvalue weighted by Gasteiger charge is 2.20. The molecule has 0 radical (unpaired) electrons. The summed E-state index contributed by atoms with van der Waals surface area (Å²) in [6.45, 7) is 0.204. The smallest absolute Gasteiger partial charge is 0.269 e. The molecular weight excluding hydrogens is 476 g/mol. The van der Waals surface area contributed by atoms with Crippen LogP contribution in [0.25, 0.3) is 16.3 Å². The summed E-state index contributed by atoms with van der Waals surface area (Å²) in [5.74, 6) is -0.357. The minimum atomic E-state index is -3.38.